The van der Waals surface area contributed by atoms with Crippen molar-refractivity contribution in [2.45, 2.75) is 32.4 Å². The maximum atomic E-state index is 13.3. The quantitative estimate of drug-likeness (QED) is 0.644. The van der Waals surface area contributed by atoms with Crippen molar-refractivity contribution < 1.29 is 23.1 Å². The van der Waals surface area contributed by atoms with Gasteiger partial charge < -0.3 is 15.4 Å². The Bertz CT molecular complexity index is 641. The highest BCUT2D eigenvalue weighted by Gasteiger charge is 2.31. The molecule has 12 heteroatoms. The normalized spacial score (nSPS) is 20.0. The van der Waals surface area contributed by atoms with Crippen molar-refractivity contribution in [2.75, 3.05) is 37.7 Å². The molecule has 0 saturated carbocycles. The van der Waals surface area contributed by atoms with E-state index in [2.05, 4.69) is 35.2 Å². The lowest BCUT2D eigenvalue weighted by atomic mass is 10.5. The standard InChI is InChI=1S/C8H9FN3O5PS.C6H15N/c9-4-1-12(8(13)11-7(4)10)5-3-19-6(17-5)2-16-18(14)15;1-4-7(5-2)6-3/h1,5-6H,2-3H2,(H2-,10,11,13,14,15);4-6H2,1-3H3/p+1/t5-,6+;/m0./s1. The Morgan fingerprint density at radius 1 is 1.50 bits per heavy atom. The largest absolute Gasteiger partial charge is 0.694 e. The van der Waals surface area contributed by atoms with Gasteiger partial charge in [0, 0.05) is 10.3 Å². The van der Waals surface area contributed by atoms with Gasteiger partial charge in [0.1, 0.15) is 18.3 Å². The summed E-state index contributed by atoms with van der Waals surface area (Å²) >= 11 is 1.28. The number of halogens is 1. The van der Waals surface area contributed by atoms with Gasteiger partial charge in [-0.15, -0.1) is 21.2 Å². The molecule has 0 radical (unpaired) electrons. The van der Waals surface area contributed by atoms with E-state index in [1.165, 1.54) is 31.4 Å². The molecule has 2 heterocycles. The van der Waals surface area contributed by atoms with Gasteiger partial charge in [-0.25, -0.2) is 9.18 Å². The second kappa shape index (κ2) is 11.6. The van der Waals surface area contributed by atoms with E-state index in [0.29, 0.717) is 5.75 Å². The smallest absolute Gasteiger partial charge is 0.381 e. The van der Waals surface area contributed by atoms with E-state index in [-0.39, 0.29) is 6.61 Å². The van der Waals surface area contributed by atoms with Gasteiger partial charge in [-0.1, -0.05) is 20.8 Å². The molecule has 1 saturated heterocycles. The molecule has 3 atom stereocenters. The summed E-state index contributed by atoms with van der Waals surface area (Å²) in [5.74, 6) is -0.920. The number of rotatable bonds is 7. The van der Waals surface area contributed by atoms with Crippen LogP contribution in [0.4, 0.5) is 10.2 Å². The number of anilines is 1. The first-order valence-corrected chi connectivity index (χ1v) is 10.3. The minimum absolute atomic E-state index is 0.105. The fourth-order valence-electron chi connectivity index (χ4n) is 2.14. The number of nitrogens with zero attached hydrogens (tertiary/aromatic N) is 3. The molecular weight excluding hydrogens is 386 g/mol. The monoisotopic (exact) mass is 411 g/mol. The molecule has 9 nitrogen and oxygen atoms in total. The van der Waals surface area contributed by atoms with Crippen LogP contribution < -0.4 is 11.4 Å². The second-order valence-electron chi connectivity index (χ2n) is 5.17. The third kappa shape index (κ3) is 7.26. The van der Waals surface area contributed by atoms with Crippen LogP contribution in [-0.4, -0.2) is 56.8 Å². The van der Waals surface area contributed by atoms with Gasteiger partial charge in [-0.05, 0) is 19.6 Å². The molecule has 0 spiro atoms. The fourth-order valence-corrected chi connectivity index (χ4v) is 3.49. The van der Waals surface area contributed by atoms with Crippen molar-refractivity contribution in [2.24, 2.45) is 0 Å². The van der Waals surface area contributed by atoms with Crippen molar-refractivity contribution in [3.63, 3.8) is 0 Å². The Labute approximate surface area is 156 Å². The lowest BCUT2D eigenvalue weighted by molar-refractivity contribution is -0.00285. The van der Waals surface area contributed by atoms with Crippen molar-refractivity contribution >= 4 is 25.8 Å². The molecule has 2 rings (SSSR count). The van der Waals surface area contributed by atoms with Gasteiger partial charge in [-0.2, -0.15) is 4.98 Å². The highest BCUT2D eigenvalue weighted by Crippen LogP contribution is 2.32. The molecule has 1 aliphatic rings. The van der Waals surface area contributed by atoms with Gasteiger partial charge in [0.15, 0.2) is 11.6 Å². The van der Waals surface area contributed by atoms with Crippen molar-refractivity contribution in [1.82, 2.24) is 14.5 Å². The SMILES string of the molecule is CCN(CC)CC.Nc1nc(=O)n([C@@H]2CS[C@H](CO[P+](=O)O)O2)cc1F. The molecule has 148 valence electrons. The van der Waals surface area contributed by atoms with E-state index < -0.39 is 37.2 Å². The third-order valence-corrected chi connectivity index (χ3v) is 5.11. The van der Waals surface area contributed by atoms with E-state index in [0.717, 1.165) is 10.8 Å². The van der Waals surface area contributed by atoms with Crippen LogP contribution in [0.2, 0.25) is 0 Å². The summed E-state index contributed by atoms with van der Waals surface area (Å²) in [5.41, 5.74) is 3.94. The van der Waals surface area contributed by atoms with E-state index in [9.17, 15) is 13.8 Å². The Hall–Kier alpha value is -1.10. The number of aromatic nitrogens is 2. The molecule has 1 aliphatic heterocycles. The van der Waals surface area contributed by atoms with Gasteiger partial charge >= 0.3 is 13.9 Å². The zero-order valence-corrected chi connectivity index (χ0v) is 16.7. The fraction of sp³-hybridized carbons (Fsp3) is 0.714. The molecule has 1 aromatic heterocycles. The maximum Gasteiger partial charge on any atom is 0.694 e. The highest BCUT2D eigenvalue weighted by atomic mass is 32.2. The summed E-state index contributed by atoms with van der Waals surface area (Å²) in [6, 6.07) is 0. The number of hydrogen-bond acceptors (Lipinski definition) is 8. The molecule has 1 fully saturated rings. The van der Waals surface area contributed by atoms with E-state index in [1.54, 1.807) is 0 Å². The molecular formula is C14H25FN4O5PS+. The molecule has 1 aromatic rings. The summed E-state index contributed by atoms with van der Waals surface area (Å²) in [4.78, 5) is 25.7. The zero-order valence-electron chi connectivity index (χ0n) is 15.0. The number of thioether (sulfide) groups is 1. The Balaban J connectivity index is 0.000000412. The third-order valence-electron chi connectivity index (χ3n) is 3.64. The summed E-state index contributed by atoms with van der Waals surface area (Å²) in [5, 5.41) is 0. The van der Waals surface area contributed by atoms with Crippen LogP contribution in [0.15, 0.2) is 11.0 Å². The topological polar surface area (TPSA) is 120 Å². The number of ether oxygens (including phenoxy) is 1. The van der Waals surface area contributed by atoms with Gasteiger partial charge in [0.25, 0.3) is 0 Å². The Kier molecular flexibility index (Phi) is 10.2. The van der Waals surface area contributed by atoms with Crippen LogP contribution in [0.5, 0.6) is 0 Å². The van der Waals surface area contributed by atoms with Gasteiger partial charge in [-0.3, -0.25) is 4.57 Å². The van der Waals surface area contributed by atoms with E-state index in [4.69, 9.17) is 15.4 Å². The predicted octanol–water partition coefficient (Wildman–Crippen LogP) is 1.57. The number of hydrogen-bond donors (Lipinski definition) is 2. The second-order valence-corrected chi connectivity index (χ2v) is 7.10. The average molecular weight is 411 g/mol. The van der Waals surface area contributed by atoms with Crippen molar-refractivity contribution in [3.05, 3.63) is 22.5 Å². The molecule has 0 amide bonds. The van der Waals surface area contributed by atoms with Crippen LogP contribution in [0.1, 0.15) is 27.0 Å². The summed E-state index contributed by atoms with van der Waals surface area (Å²) in [6.45, 7) is 10.0. The van der Waals surface area contributed by atoms with Crippen molar-refractivity contribution in [3.8, 4) is 0 Å². The molecule has 0 bridgehead atoms. The Morgan fingerprint density at radius 2 is 2.12 bits per heavy atom. The first-order valence-electron chi connectivity index (χ1n) is 8.14. The first kappa shape index (κ1) is 22.9. The number of nitrogen functional groups attached to an aromatic ring is 1. The van der Waals surface area contributed by atoms with Gasteiger partial charge in [0.2, 0.25) is 0 Å². The minimum atomic E-state index is -2.70. The number of nitrogens with two attached hydrogens (primary N) is 1. The summed E-state index contributed by atoms with van der Waals surface area (Å²) < 4.78 is 34.5. The maximum absolute atomic E-state index is 13.3. The average Bonchev–Trinajstić information content (AvgIpc) is 3.07. The summed E-state index contributed by atoms with van der Waals surface area (Å²) in [6.07, 6.45) is 0.205. The lowest BCUT2D eigenvalue weighted by Crippen LogP contribution is -2.29. The minimum Gasteiger partial charge on any atom is -0.381 e. The molecule has 0 aliphatic carbocycles. The Morgan fingerprint density at radius 3 is 2.62 bits per heavy atom. The molecule has 0 aromatic carbocycles. The molecule has 26 heavy (non-hydrogen) atoms. The van der Waals surface area contributed by atoms with Crippen LogP contribution >= 0.6 is 20.0 Å². The van der Waals surface area contributed by atoms with Crippen LogP contribution in [0, 0.1) is 5.82 Å². The summed E-state index contributed by atoms with van der Waals surface area (Å²) in [7, 11) is -2.70. The highest BCUT2D eigenvalue weighted by molar-refractivity contribution is 8.00. The van der Waals surface area contributed by atoms with Crippen LogP contribution in [0.3, 0.4) is 0 Å². The molecule has 1 unspecified atom stereocenters. The van der Waals surface area contributed by atoms with Gasteiger partial charge in [0.05, 0.1) is 6.20 Å². The predicted molar refractivity (Wildman–Crippen MR) is 98.5 cm³/mol. The van der Waals surface area contributed by atoms with E-state index in [1.807, 2.05) is 0 Å². The lowest BCUT2D eigenvalue weighted by Gasteiger charge is -2.13. The van der Waals surface area contributed by atoms with Crippen molar-refractivity contribution in [1.29, 1.82) is 0 Å². The zero-order chi connectivity index (χ0) is 19.7. The molecule has 3 N–H and O–H groups in total. The van der Waals surface area contributed by atoms with Crippen LogP contribution in [-0.2, 0) is 13.8 Å². The first-order chi connectivity index (χ1) is 12.3. The van der Waals surface area contributed by atoms with Crippen LogP contribution in [0.25, 0.3) is 0 Å². The van der Waals surface area contributed by atoms with E-state index >= 15 is 0 Å².